The minimum absolute atomic E-state index is 0.189. The molecule has 0 aromatic rings. The maximum Gasteiger partial charge on any atom is 0.409 e. The molecule has 2 aliphatic heterocycles. The molecule has 5 nitrogen and oxygen atoms in total. The normalized spacial score (nSPS) is 31.1. The van der Waals surface area contributed by atoms with Crippen LogP contribution in [0.3, 0.4) is 0 Å². The van der Waals surface area contributed by atoms with Crippen molar-refractivity contribution in [2.75, 3.05) is 33.9 Å². The first kappa shape index (κ1) is 16.3. The molecule has 3 atom stereocenters. The van der Waals surface area contributed by atoms with E-state index in [1.165, 1.54) is 17.7 Å². The summed E-state index contributed by atoms with van der Waals surface area (Å²) in [5.74, 6) is 0. The van der Waals surface area contributed by atoms with E-state index in [9.17, 15) is 4.79 Å². The van der Waals surface area contributed by atoms with Crippen LogP contribution in [-0.4, -0.2) is 65.4 Å². The molecule has 2 saturated heterocycles. The van der Waals surface area contributed by atoms with Crippen LogP contribution in [0.4, 0.5) is 4.79 Å². The molecule has 1 amide bonds. The Hall–Kier alpha value is -0.0800. The van der Waals surface area contributed by atoms with Gasteiger partial charge in [0.15, 0.2) is 0 Å². The second-order valence-corrected chi connectivity index (χ2v) is 7.79. The lowest BCUT2D eigenvalue weighted by molar-refractivity contribution is 0.0108. The van der Waals surface area contributed by atoms with Crippen molar-refractivity contribution >= 4 is 28.7 Å². The van der Waals surface area contributed by atoms with Crippen LogP contribution in [0.15, 0.2) is 0 Å². The lowest BCUT2D eigenvalue weighted by Crippen LogP contribution is -2.47. The summed E-state index contributed by atoms with van der Waals surface area (Å²) in [5, 5.41) is 0. The molecule has 0 N–H and O–H groups in total. The molecule has 2 heterocycles. The fraction of sp³-hybridized carbons (Fsp3) is 0.929. The maximum absolute atomic E-state index is 11.5. The fourth-order valence-corrected chi connectivity index (χ4v) is 3.54. The predicted molar refractivity (Wildman–Crippen MR) is 86.2 cm³/mol. The van der Waals surface area contributed by atoms with Crippen LogP contribution in [0.1, 0.15) is 32.6 Å². The minimum atomic E-state index is -0.251. The molecule has 2 rings (SSSR count). The Labute approximate surface area is 135 Å². The molecular formula is C14H25IN2O3. The lowest BCUT2D eigenvalue weighted by atomic mass is 9.95. The Morgan fingerprint density at radius 1 is 1.50 bits per heavy atom. The second-order valence-electron chi connectivity index (χ2n) is 6.04. The number of halogens is 1. The molecule has 6 heteroatoms. The summed E-state index contributed by atoms with van der Waals surface area (Å²) < 4.78 is 11.5. The Balaban J connectivity index is 1.90. The number of amides is 1. The summed E-state index contributed by atoms with van der Waals surface area (Å²) >= 11 is 2.30. The molecule has 0 spiro atoms. The van der Waals surface area contributed by atoms with Gasteiger partial charge in [-0.2, -0.15) is 0 Å². The molecule has 20 heavy (non-hydrogen) atoms. The van der Waals surface area contributed by atoms with Gasteiger partial charge in [0.2, 0.25) is 0 Å². The van der Waals surface area contributed by atoms with Crippen LogP contribution in [0, 0.1) is 0 Å². The maximum atomic E-state index is 11.5. The summed E-state index contributed by atoms with van der Waals surface area (Å²) in [6.07, 6.45) is 4.42. The van der Waals surface area contributed by atoms with Gasteiger partial charge in [0.25, 0.3) is 0 Å². The largest absolute Gasteiger partial charge is 0.448 e. The molecule has 0 bridgehead atoms. The Kier molecular flexibility index (Phi) is 5.53. The van der Waals surface area contributed by atoms with E-state index in [1.54, 1.807) is 14.1 Å². The van der Waals surface area contributed by atoms with E-state index < -0.39 is 0 Å². The Morgan fingerprint density at radius 3 is 2.90 bits per heavy atom. The Morgan fingerprint density at radius 2 is 2.25 bits per heavy atom. The molecule has 0 radical (unpaired) electrons. The quantitative estimate of drug-likeness (QED) is 0.529. The van der Waals surface area contributed by atoms with Crippen molar-refractivity contribution in [2.45, 2.75) is 48.3 Å². The van der Waals surface area contributed by atoms with Crippen molar-refractivity contribution in [3.8, 4) is 0 Å². The molecule has 0 saturated carbocycles. The van der Waals surface area contributed by atoms with Crippen molar-refractivity contribution in [3.05, 3.63) is 0 Å². The first-order valence-corrected chi connectivity index (χ1v) is 8.56. The van der Waals surface area contributed by atoms with Crippen LogP contribution < -0.4 is 0 Å². The number of nitrogens with zero attached hydrogens (tertiary/aromatic N) is 2. The number of carbonyl (C=O) groups is 1. The van der Waals surface area contributed by atoms with Gasteiger partial charge in [-0.1, -0.05) is 22.6 Å². The Bertz CT molecular complexity index is 351. The third-order valence-electron chi connectivity index (χ3n) is 4.38. The van der Waals surface area contributed by atoms with Crippen molar-refractivity contribution in [3.63, 3.8) is 0 Å². The number of fused-ring (bicyclic) bond motifs is 1. The van der Waals surface area contributed by atoms with E-state index in [-0.39, 0.29) is 15.7 Å². The lowest BCUT2D eigenvalue weighted by Gasteiger charge is -2.35. The first-order chi connectivity index (χ1) is 9.44. The van der Waals surface area contributed by atoms with Gasteiger partial charge < -0.3 is 14.4 Å². The molecular weight excluding hydrogens is 371 g/mol. The van der Waals surface area contributed by atoms with E-state index in [2.05, 4.69) is 34.4 Å². The molecule has 0 aromatic carbocycles. The van der Waals surface area contributed by atoms with Crippen LogP contribution in [0.5, 0.6) is 0 Å². The van der Waals surface area contributed by atoms with Gasteiger partial charge in [0.1, 0.15) is 10.7 Å². The minimum Gasteiger partial charge on any atom is -0.448 e. The molecule has 0 aromatic heterocycles. The van der Waals surface area contributed by atoms with Crippen molar-refractivity contribution in [1.29, 1.82) is 0 Å². The van der Waals surface area contributed by atoms with E-state index in [1.807, 2.05) is 0 Å². The SMILES string of the molecule is CC(I)OC[C@]12CCCN1[C@@H](COC(=O)N(C)C)CC2. The second kappa shape index (κ2) is 6.79. The average molecular weight is 396 g/mol. The number of rotatable bonds is 5. The van der Waals surface area contributed by atoms with Crippen molar-refractivity contribution < 1.29 is 14.3 Å². The van der Waals surface area contributed by atoms with Gasteiger partial charge in [0.05, 0.1) is 6.61 Å². The van der Waals surface area contributed by atoms with Gasteiger partial charge in [0, 0.05) is 25.7 Å². The van der Waals surface area contributed by atoms with E-state index in [0.717, 1.165) is 26.0 Å². The predicted octanol–water partition coefficient (Wildman–Crippen LogP) is 2.48. The van der Waals surface area contributed by atoms with E-state index in [0.29, 0.717) is 12.6 Å². The van der Waals surface area contributed by atoms with Crippen LogP contribution in [0.2, 0.25) is 0 Å². The molecule has 1 unspecified atom stereocenters. The van der Waals surface area contributed by atoms with Gasteiger partial charge in [-0.25, -0.2) is 4.79 Å². The highest BCUT2D eigenvalue weighted by molar-refractivity contribution is 14.1. The highest BCUT2D eigenvalue weighted by atomic mass is 127. The van der Waals surface area contributed by atoms with Crippen LogP contribution in [-0.2, 0) is 9.47 Å². The molecule has 2 aliphatic rings. The highest BCUT2D eigenvalue weighted by Crippen LogP contribution is 2.42. The number of hydrogen-bond donors (Lipinski definition) is 0. The average Bonchev–Trinajstić information content (AvgIpc) is 2.92. The van der Waals surface area contributed by atoms with Crippen molar-refractivity contribution in [2.24, 2.45) is 0 Å². The topological polar surface area (TPSA) is 42.0 Å². The monoisotopic (exact) mass is 396 g/mol. The number of carbonyl (C=O) groups excluding carboxylic acids is 1. The number of hydrogen-bond acceptors (Lipinski definition) is 4. The van der Waals surface area contributed by atoms with E-state index >= 15 is 0 Å². The van der Waals surface area contributed by atoms with Crippen molar-refractivity contribution in [1.82, 2.24) is 9.80 Å². The smallest absolute Gasteiger partial charge is 0.409 e. The molecule has 0 aliphatic carbocycles. The van der Waals surface area contributed by atoms with Crippen LogP contribution >= 0.6 is 22.6 Å². The zero-order valence-electron chi connectivity index (χ0n) is 12.6. The van der Waals surface area contributed by atoms with Gasteiger partial charge in [-0.15, -0.1) is 0 Å². The molecule has 116 valence electrons. The summed E-state index contributed by atoms with van der Waals surface area (Å²) in [6.45, 7) is 4.47. The van der Waals surface area contributed by atoms with Gasteiger partial charge >= 0.3 is 6.09 Å². The summed E-state index contributed by atoms with van der Waals surface area (Å²) in [5.41, 5.74) is 0.189. The zero-order chi connectivity index (χ0) is 14.8. The first-order valence-electron chi connectivity index (χ1n) is 7.31. The summed E-state index contributed by atoms with van der Waals surface area (Å²) in [6, 6.07) is 0.356. The van der Waals surface area contributed by atoms with E-state index in [4.69, 9.17) is 9.47 Å². The molecule has 2 fully saturated rings. The van der Waals surface area contributed by atoms with Gasteiger partial charge in [-0.05, 0) is 39.2 Å². The van der Waals surface area contributed by atoms with Crippen LogP contribution in [0.25, 0.3) is 0 Å². The number of alkyl halides is 1. The zero-order valence-corrected chi connectivity index (χ0v) is 14.8. The summed E-state index contributed by atoms with van der Waals surface area (Å²) in [4.78, 5) is 15.5. The van der Waals surface area contributed by atoms with Gasteiger partial charge in [-0.3, -0.25) is 4.90 Å². The summed E-state index contributed by atoms with van der Waals surface area (Å²) in [7, 11) is 3.43. The standard InChI is InChI=1S/C14H25IN2O3/c1-11(15)20-10-14-6-4-8-17(14)12(5-7-14)9-19-13(18)16(2)3/h11-12H,4-10H2,1-3H3/t11?,12-,14-/m1/s1. The third-order valence-corrected chi connectivity index (χ3v) is 4.74. The third kappa shape index (κ3) is 3.57. The fourth-order valence-electron chi connectivity index (χ4n) is 3.36. The number of ether oxygens (including phenoxy) is 2. The highest BCUT2D eigenvalue weighted by Gasteiger charge is 2.49.